The summed E-state index contributed by atoms with van der Waals surface area (Å²) in [6, 6.07) is 19.5. The fraction of sp³-hybridized carbons (Fsp3) is 0.211. The Morgan fingerprint density at radius 1 is 1.12 bits per heavy atom. The Kier molecular flexibility index (Phi) is 5.80. The number of hydrogen-bond acceptors (Lipinski definition) is 5. The van der Waals surface area contributed by atoms with Gasteiger partial charge in [0.2, 0.25) is 10.7 Å². The van der Waals surface area contributed by atoms with E-state index in [1.165, 1.54) is 0 Å². The van der Waals surface area contributed by atoms with Crippen LogP contribution in [0.5, 0.6) is 0 Å². The molecule has 1 N–H and O–H groups in total. The first kappa shape index (κ1) is 17.9. The van der Waals surface area contributed by atoms with Crippen molar-refractivity contribution in [1.29, 1.82) is 0 Å². The van der Waals surface area contributed by atoms with Gasteiger partial charge in [0, 0.05) is 5.69 Å². The Balaban J connectivity index is 1.95. The lowest BCUT2D eigenvalue weighted by atomic mass is 10.3. The zero-order valence-corrected chi connectivity index (χ0v) is 15.3. The van der Waals surface area contributed by atoms with E-state index in [1.54, 1.807) is 11.6 Å². The van der Waals surface area contributed by atoms with Crippen molar-refractivity contribution in [2.24, 2.45) is 0 Å². The summed E-state index contributed by atoms with van der Waals surface area (Å²) in [6.45, 7) is 2.51. The van der Waals surface area contributed by atoms with Crippen LogP contribution in [0.15, 0.2) is 60.7 Å². The number of anilines is 2. The molecule has 0 spiro atoms. The summed E-state index contributed by atoms with van der Waals surface area (Å²) >= 11 is 5.60. The van der Waals surface area contributed by atoms with Crippen molar-refractivity contribution in [3.63, 3.8) is 0 Å². The molecule has 3 rings (SSSR count). The molecule has 0 saturated heterocycles. The number of esters is 1. The Bertz CT molecular complexity index is 920. The minimum Gasteiger partial charge on any atom is -0.466 e. The normalized spacial score (nSPS) is 10.5. The second-order valence-corrected chi connectivity index (χ2v) is 5.91. The molecule has 0 unspecified atom stereocenters. The second-order valence-electron chi connectivity index (χ2n) is 5.55. The van der Waals surface area contributed by atoms with Crippen molar-refractivity contribution in [3.8, 4) is 5.69 Å². The van der Waals surface area contributed by atoms with Crippen molar-refractivity contribution < 1.29 is 9.53 Å². The van der Waals surface area contributed by atoms with Gasteiger partial charge in [0.05, 0.1) is 25.3 Å². The number of aromatic nitrogens is 3. The van der Waals surface area contributed by atoms with Gasteiger partial charge in [-0.3, -0.25) is 9.36 Å². The first-order valence-electron chi connectivity index (χ1n) is 8.42. The molecule has 134 valence electrons. The van der Waals surface area contributed by atoms with Crippen molar-refractivity contribution in [2.45, 2.75) is 19.9 Å². The smallest absolute Gasteiger partial charge is 0.307 e. The summed E-state index contributed by atoms with van der Waals surface area (Å²) < 4.78 is 9.00. The largest absolute Gasteiger partial charge is 0.466 e. The number of benzene rings is 2. The van der Waals surface area contributed by atoms with Crippen LogP contribution >= 0.6 is 12.2 Å². The number of rotatable bonds is 7. The lowest BCUT2D eigenvalue weighted by Gasteiger charge is -2.08. The van der Waals surface area contributed by atoms with Crippen molar-refractivity contribution >= 4 is 29.8 Å². The summed E-state index contributed by atoms with van der Waals surface area (Å²) in [6.07, 6.45) is 0.221. The fourth-order valence-corrected chi connectivity index (χ4v) is 2.85. The van der Waals surface area contributed by atoms with Crippen LogP contribution in [0.1, 0.15) is 13.3 Å². The number of nitrogens with one attached hydrogen (secondary N) is 1. The van der Waals surface area contributed by atoms with E-state index in [2.05, 4.69) is 10.4 Å². The molecule has 6 nitrogen and oxygen atoms in total. The fourth-order valence-electron chi connectivity index (χ4n) is 2.53. The van der Waals surface area contributed by atoms with E-state index in [9.17, 15) is 4.79 Å². The SMILES string of the molecule is CCOC(=O)CCn1nc(Nc2ccccc2)n(-c2ccccc2)c1=S. The van der Waals surface area contributed by atoms with E-state index in [4.69, 9.17) is 17.0 Å². The van der Waals surface area contributed by atoms with E-state index in [0.29, 0.717) is 23.9 Å². The van der Waals surface area contributed by atoms with Gasteiger partial charge in [-0.25, -0.2) is 4.68 Å². The Hall–Kier alpha value is -2.93. The van der Waals surface area contributed by atoms with Crippen LogP contribution in [0.2, 0.25) is 0 Å². The summed E-state index contributed by atoms with van der Waals surface area (Å²) in [5, 5.41) is 7.86. The summed E-state index contributed by atoms with van der Waals surface area (Å²) in [5.41, 5.74) is 1.81. The standard InChI is InChI=1S/C19H20N4O2S/c1-2-25-17(24)13-14-22-19(26)23(16-11-7-4-8-12-16)18(21-22)20-15-9-5-3-6-10-15/h3-12H,2,13-14H2,1H3,(H,20,21). The van der Waals surface area contributed by atoms with Crippen LogP contribution in [-0.4, -0.2) is 26.9 Å². The van der Waals surface area contributed by atoms with Gasteiger partial charge in [0.1, 0.15) is 0 Å². The molecule has 1 heterocycles. The monoisotopic (exact) mass is 368 g/mol. The van der Waals surface area contributed by atoms with Crippen molar-refractivity contribution in [1.82, 2.24) is 14.3 Å². The van der Waals surface area contributed by atoms with Crippen LogP contribution in [-0.2, 0) is 16.1 Å². The number of nitrogens with zero attached hydrogens (tertiary/aromatic N) is 3. The minimum atomic E-state index is -0.263. The Morgan fingerprint density at radius 3 is 2.42 bits per heavy atom. The first-order valence-corrected chi connectivity index (χ1v) is 8.83. The molecule has 0 aliphatic rings. The topological polar surface area (TPSA) is 61.1 Å². The molecule has 3 aromatic rings. The second kappa shape index (κ2) is 8.44. The molecule has 7 heteroatoms. The van der Waals surface area contributed by atoms with Gasteiger partial charge in [-0.1, -0.05) is 36.4 Å². The van der Waals surface area contributed by atoms with Crippen LogP contribution in [0.25, 0.3) is 5.69 Å². The minimum absolute atomic E-state index is 0.221. The van der Waals surface area contributed by atoms with Crippen molar-refractivity contribution in [2.75, 3.05) is 11.9 Å². The van der Waals surface area contributed by atoms with Crippen LogP contribution < -0.4 is 5.32 Å². The Labute approximate surface area is 157 Å². The van der Waals surface area contributed by atoms with E-state index in [-0.39, 0.29) is 12.4 Å². The number of hydrogen-bond donors (Lipinski definition) is 1. The highest BCUT2D eigenvalue weighted by molar-refractivity contribution is 7.71. The molecule has 1 aromatic heterocycles. The molecule has 0 aliphatic carbocycles. The van der Waals surface area contributed by atoms with Gasteiger partial charge >= 0.3 is 5.97 Å². The van der Waals surface area contributed by atoms with E-state index in [1.807, 2.05) is 65.2 Å². The van der Waals surface area contributed by atoms with E-state index >= 15 is 0 Å². The molecule has 2 aromatic carbocycles. The summed E-state index contributed by atoms with van der Waals surface area (Å²) in [5.74, 6) is 0.331. The zero-order chi connectivity index (χ0) is 18.4. The molecule has 0 amide bonds. The number of carbonyl (C=O) groups is 1. The molecule has 0 bridgehead atoms. The number of ether oxygens (including phenoxy) is 1. The summed E-state index contributed by atoms with van der Waals surface area (Å²) in [4.78, 5) is 11.7. The van der Waals surface area contributed by atoms with Crippen molar-refractivity contribution in [3.05, 3.63) is 65.4 Å². The molecular weight excluding hydrogens is 348 g/mol. The molecule has 0 atom stereocenters. The summed E-state index contributed by atoms with van der Waals surface area (Å²) in [7, 11) is 0. The molecule has 0 fully saturated rings. The molecule has 0 aliphatic heterocycles. The average Bonchev–Trinajstić information content (AvgIpc) is 2.97. The number of aryl methyl sites for hydroxylation is 1. The predicted molar refractivity (Wildman–Crippen MR) is 103 cm³/mol. The molecule has 0 saturated carbocycles. The predicted octanol–water partition coefficient (Wildman–Crippen LogP) is 4.10. The molecular formula is C19H20N4O2S. The average molecular weight is 368 g/mol. The van der Waals surface area contributed by atoms with Crippen LogP contribution in [0.3, 0.4) is 0 Å². The van der Waals surface area contributed by atoms with Gasteiger partial charge in [-0.05, 0) is 43.4 Å². The van der Waals surface area contributed by atoms with Gasteiger partial charge in [-0.2, -0.15) is 0 Å². The third kappa shape index (κ3) is 4.18. The highest BCUT2D eigenvalue weighted by Gasteiger charge is 2.14. The van der Waals surface area contributed by atoms with Crippen LogP contribution in [0.4, 0.5) is 11.6 Å². The van der Waals surface area contributed by atoms with Gasteiger partial charge in [-0.15, -0.1) is 5.10 Å². The maximum absolute atomic E-state index is 11.7. The number of para-hydroxylation sites is 2. The zero-order valence-electron chi connectivity index (χ0n) is 14.5. The lowest BCUT2D eigenvalue weighted by Crippen LogP contribution is -2.10. The number of carbonyl (C=O) groups excluding carboxylic acids is 1. The lowest BCUT2D eigenvalue weighted by molar-refractivity contribution is -0.143. The van der Waals surface area contributed by atoms with Gasteiger partial charge < -0.3 is 10.1 Å². The van der Waals surface area contributed by atoms with Gasteiger partial charge in [0.15, 0.2) is 0 Å². The maximum atomic E-state index is 11.7. The van der Waals surface area contributed by atoms with E-state index < -0.39 is 0 Å². The first-order chi connectivity index (χ1) is 12.7. The Morgan fingerprint density at radius 2 is 1.77 bits per heavy atom. The quantitative estimate of drug-likeness (QED) is 0.502. The molecule has 0 radical (unpaired) electrons. The maximum Gasteiger partial charge on any atom is 0.307 e. The van der Waals surface area contributed by atoms with E-state index in [0.717, 1.165) is 11.4 Å². The van der Waals surface area contributed by atoms with Gasteiger partial charge in [0.25, 0.3) is 0 Å². The third-order valence-electron chi connectivity index (χ3n) is 3.72. The van der Waals surface area contributed by atoms with Crippen LogP contribution in [0, 0.1) is 4.77 Å². The highest BCUT2D eigenvalue weighted by Crippen LogP contribution is 2.20. The molecule has 26 heavy (non-hydrogen) atoms. The highest BCUT2D eigenvalue weighted by atomic mass is 32.1. The third-order valence-corrected chi connectivity index (χ3v) is 4.11.